The fraction of sp³-hybridized carbons (Fsp3) is 0.160. The fourth-order valence-electron chi connectivity index (χ4n) is 4.45. The Balaban J connectivity index is 1.66. The average Bonchev–Trinajstić information content (AvgIpc) is 3.18. The fourth-order valence-corrected chi connectivity index (χ4v) is 6.17. The zero-order chi connectivity index (χ0) is 22.5. The van der Waals surface area contributed by atoms with Crippen molar-refractivity contribution in [3.63, 3.8) is 0 Å². The maximum absolute atomic E-state index is 13.7. The zero-order valence-corrected chi connectivity index (χ0v) is 19.0. The van der Waals surface area contributed by atoms with Crippen LogP contribution in [0.3, 0.4) is 0 Å². The van der Waals surface area contributed by atoms with Gasteiger partial charge in [-0.2, -0.15) is 4.31 Å². The molecule has 1 aliphatic rings. The summed E-state index contributed by atoms with van der Waals surface area (Å²) in [4.78, 5) is 15.3. The lowest BCUT2D eigenvalue weighted by atomic mass is 9.94. The third kappa shape index (κ3) is 3.45. The smallest absolute Gasteiger partial charge is 0.244 e. The quantitative estimate of drug-likeness (QED) is 0.413. The largest absolute Gasteiger partial charge is 0.357 e. The van der Waals surface area contributed by atoms with Gasteiger partial charge in [0.1, 0.15) is 0 Å². The Bertz CT molecular complexity index is 1420. The highest BCUT2D eigenvalue weighted by atomic mass is 35.5. The molecule has 0 radical (unpaired) electrons. The molecule has 162 valence electrons. The Morgan fingerprint density at radius 2 is 1.69 bits per heavy atom. The first-order valence-electron chi connectivity index (χ1n) is 10.3. The SMILES string of the molecule is CC(=O)c1ccc(S(=O)(=O)N2CCc3c([nH]c4ccccc34)[C@@H]2c2ccc(Cl)cc2)cc1. The topological polar surface area (TPSA) is 70.2 Å². The average molecular weight is 465 g/mol. The van der Waals surface area contributed by atoms with Crippen LogP contribution in [0.25, 0.3) is 10.9 Å². The van der Waals surface area contributed by atoms with E-state index >= 15 is 0 Å². The van der Waals surface area contributed by atoms with E-state index in [0.29, 0.717) is 23.6 Å². The zero-order valence-electron chi connectivity index (χ0n) is 17.4. The Labute approximate surface area is 191 Å². The number of hydrogen-bond acceptors (Lipinski definition) is 3. The van der Waals surface area contributed by atoms with Crippen LogP contribution in [0.5, 0.6) is 0 Å². The van der Waals surface area contributed by atoms with Crippen molar-refractivity contribution in [2.75, 3.05) is 6.54 Å². The molecule has 32 heavy (non-hydrogen) atoms. The van der Waals surface area contributed by atoms with Crippen LogP contribution in [0.1, 0.15) is 40.1 Å². The first kappa shape index (κ1) is 20.9. The van der Waals surface area contributed by atoms with E-state index in [0.717, 1.165) is 27.7 Å². The molecule has 1 aromatic heterocycles. The number of sulfonamides is 1. The van der Waals surface area contributed by atoms with Crippen LogP contribution >= 0.6 is 11.6 Å². The molecule has 1 N–H and O–H groups in total. The molecule has 0 bridgehead atoms. The standard InChI is InChI=1S/C25H21ClN2O3S/c1-16(29)17-8-12-20(13-9-17)32(30,31)28-15-14-22-21-4-2-3-5-23(21)27-24(22)25(28)18-6-10-19(26)11-7-18/h2-13,25,27H,14-15H2,1H3/t25-/m0/s1. The monoisotopic (exact) mass is 464 g/mol. The summed E-state index contributed by atoms with van der Waals surface area (Å²) in [7, 11) is -3.82. The lowest BCUT2D eigenvalue weighted by Gasteiger charge is -2.35. The molecule has 0 spiro atoms. The number of hydrogen-bond donors (Lipinski definition) is 1. The van der Waals surface area contributed by atoms with E-state index in [4.69, 9.17) is 11.6 Å². The molecule has 5 rings (SSSR count). The number of H-pyrrole nitrogens is 1. The summed E-state index contributed by atoms with van der Waals surface area (Å²) >= 11 is 6.11. The number of rotatable bonds is 4. The van der Waals surface area contributed by atoms with Gasteiger partial charge in [-0.25, -0.2) is 8.42 Å². The van der Waals surface area contributed by atoms with Gasteiger partial charge >= 0.3 is 0 Å². The molecule has 1 atom stereocenters. The number of aromatic amines is 1. The van der Waals surface area contributed by atoms with Gasteiger partial charge in [0, 0.05) is 33.7 Å². The van der Waals surface area contributed by atoms with Crippen molar-refractivity contribution >= 4 is 38.3 Å². The number of nitrogens with one attached hydrogen (secondary N) is 1. The van der Waals surface area contributed by atoms with Crippen LogP contribution < -0.4 is 0 Å². The minimum atomic E-state index is -3.82. The van der Waals surface area contributed by atoms with E-state index < -0.39 is 16.1 Å². The highest BCUT2D eigenvalue weighted by Gasteiger charge is 2.39. The highest BCUT2D eigenvalue weighted by molar-refractivity contribution is 7.89. The van der Waals surface area contributed by atoms with Crippen LogP contribution in [0.4, 0.5) is 0 Å². The summed E-state index contributed by atoms with van der Waals surface area (Å²) in [6, 6.07) is 20.9. The van der Waals surface area contributed by atoms with Gasteiger partial charge in [0.2, 0.25) is 10.0 Å². The third-order valence-electron chi connectivity index (χ3n) is 6.04. The minimum absolute atomic E-state index is 0.103. The summed E-state index contributed by atoms with van der Waals surface area (Å²) in [5, 5.41) is 1.71. The number of carbonyl (C=O) groups excluding carboxylic acids is 1. The Kier molecular flexibility index (Phi) is 5.16. The second kappa shape index (κ2) is 7.89. The number of nitrogens with zero attached hydrogens (tertiary/aromatic N) is 1. The molecular weight excluding hydrogens is 444 g/mol. The molecular formula is C25H21ClN2O3S. The summed E-state index contributed by atoms with van der Waals surface area (Å²) < 4.78 is 29.0. The molecule has 2 heterocycles. The van der Waals surface area contributed by atoms with E-state index in [2.05, 4.69) is 11.1 Å². The summed E-state index contributed by atoms with van der Waals surface area (Å²) in [5.41, 5.74) is 4.32. The molecule has 7 heteroatoms. The van der Waals surface area contributed by atoms with Gasteiger partial charge in [0.05, 0.1) is 10.9 Å². The second-order valence-electron chi connectivity index (χ2n) is 7.96. The number of fused-ring (bicyclic) bond motifs is 3. The van der Waals surface area contributed by atoms with Crippen molar-refractivity contribution < 1.29 is 13.2 Å². The van der Waals surface area contributed by atoms with Crippen LogP contribution in [0.15, 0.2) is 77.7 Å². The molecule has 0 aliphatic carbocycles. The lowest BCUT2D eigenvalue weighted by molar-refractivity contribution is 0.101. The van der Waals surface area contributed by atoms with E-state index in [1.54, 1.807) is 24.3 Å². The van der Waals surface area contributed by atoms with Gasteiger partial charge in [0.15, 0.2) is 5.78 Å². The number of aromatic nitrogens is 1. The van der Waals surface area contributed by atoms with Gasteiger partial charge in [-0.05, 0) is 54.8 Å². The molecule has 0 saturated heterocycles. The summed E-state index contributed by atoms with van der Waals surface area (Å²) in [6.07, 6.45) is 0.605. The summed E-state index contributed by atoms with van der Waals surface area (Å²) in [5.74, 6) is -0.103. The highest BCUT2D eigenvalue weighted by Crippen LogP contribution is 2.41. The molecule has 0 saturated carbocycles. The second-order valence-corrected chi connectivity index (χ2v) is 10.3. The molecule has 1 aliphatic heterocycles. The first-order valence-corrected chi connectivity index (χ1v) is 12.2. The number of halogens is 1. The predicted molar refractivity (Wildman–Crippen MR) is 126 cm³/mol. The van der Waals surface area contributed by atoms with Gasteiger partial charge < -0.3 is 4.98 Å². The van der Waals surface area contributed by atoms with Gasteiger partial charge in [0.25, 0.3) is 0 Å². The first-order chi connectivity index (χ1) is 15.4. The normalized spacial score (nSPS) is 16.8. The molecule has 4 aromatic rings. The van der Waals surface area contributed by atoms with E-state index in [9.17, 15) is 13.2 Å². The number of carbonyl (C=O) groups is 1. The molecule has 0 amide bonds. The van der Waals surface area contributed by atoms with Gasteiger partial charge in [-0.3, -0.25) is 4.79 Å². The molecule has 0 fully saturated rings. The molecule has 3 aromatic carbocycles. The van der Waals surface area contributed by atoms with E-state index in [1.165, 1.54) is 23.4 Å². The van der Waals surface area contributed by atoms with Crippen LogP contribution in [0, 0.1) is 0 Å². The van der Waals surface area contributed by atoms with Crippen LogP contribution in [-0.2, 0) is 16.4 Å². The number of benzene rings is 3. The maximum atomic E-state index is 13.7. The Morgan fingerprint density at radius 3 is 2.38 bits per heavy atom. The Morgan fingerprint density at radius 1 is 1.00 bits per heavy atom. The van der Waals surface area contributed by atoms with Crippen LogP contribution in [-0.4, -0.2) is 30.0 Å². The van der Waals surface area contributed by atoms with Gasteiger partial charge in [-0.1, -0.05) is 54.1 Å². The minimum Gasteiger partial charge on any atom is -0.357 e. The van der Waals surface area contributed by atoms with Crippen LogP contribution in [0.2, 0.25) is 5.02 Å². The van der Waals surface area contributed by atoms with E-state index in [1.807, 2.05) is 30.3 Å². The van der Waals surface area contributed by atoms with Crippen molar-refractivity contribution in [2.24, 2.45) is 0 Å². The van der Waals surface area contributed by atoms with E-state index in [-0.39, 0.29) is 10.7 Å². The van der Waals surface area contributed by atoms with Crippen molar-refractivity contribution in [3.8, 4) is 0 Å². The Hall–Kier alpha value is -2.93. The number of ketones is 1. The summed E-state index contributed by atoms with van der Waals surface area (Å²) in [6.45, 7) is 1.81. The molecule has 5 nitrogen and oxygen atoms in total. The van der Waals surface area contributed by atoms with Crippen molar-refractivity contribution in [1.82, 2.24) is 9.29 Å². The predicted octanol–water partition coefficient (Wildman–Crippen LogP) is 5.36. The third-order valence-corrected chi connectivity index (χ3v) is 8.17. The molecule has 0 unspecified atom stereocenters. The van der Waals surface area contributed by atoms with Crippen molar-refractivity contribution in [1.29, 1.82) is 0 Å². The van der Waals surface area contributed by atoms with Crippen molar-refractivity contribution in [3.05, 3.63) is 100 Å². The van der Waals surface area contributed by atoms with Crippen molar-refractivity contribution in [2.45, 2.75) is 24.3 Å². The number of para-hydroxylation sites is 1. The number of Topliss-reactive ketones (excluding diaryl/α,β-unsaturated/α-hetero) is 1. The lowest BCUT2D eigenvalue weighted by Crippen LogP contribution is -2.40. The van der Waals surface area contributed by atoms with Gasteiger partial charge in [-0.15, -0.1) is 0 Å². The maximum Gasteiger partial charge on any atom is 0.244 e.